The number of aromatic nitrogens is 1. The molecule has 0 radical (unpaired) electrons. The summed E-state index contributed by atoms with van der Waals surface area (Å²) in [5, 5.41) is 69.0. The van der Waals surface area contributed by atoms with Gasteiger partial charge in [0.15, 0.2) is 6.10 Å². The van der Waals surface area contributed by atoms with E-state index < -0.39 is 79.9 Å². The SMILES string of the molecule is CCn1c2ccccc2c2cc(NC(=O)[C@H](CCCCN)NC(=O)CNC(=O)[C@H](CO)NC(=O)[C@H](O)[C@@H](O)[C@H](O)[C@H](O)CO)ccc21. The average molecular weight is 661 g/mol. The molecule has 0 unspecified atom stereocenters. The fraction of sp³-hybridized carbons (Fsp3) is 0.484. The number of hydrogen-bond donors (Lipinski definition) is 11. The van der Waals surface area contributed by atoms with Crippen LogP contribution in [0.3, 0.4) is 0 Å². The lowest BCUT2D eigenvalue weighted by atomic mass is 10.0. The molecule has 47 heavy (non-hydrogen) atoms. The molecule has 1 heterocycles. The van der Waals surface area contributed by atoms with Gasteiger partial charge in [0, 0.05) is 34.0 Å². The number of hydrogen-bond acceptors (Lipinski definition) is 11. The first-order valence-corrected chi connectivity index (χ1v) is 15.3. The molecule has 16 nitrogen and oxygen atoms in total. The van der Waals surface area contributed by atoms with E-state index in [-0.39, 0.29) is 6.42 Å². The zero-order valence-electron chi connectivity index (χ0n) is 26.0. The van der Waals surface area contributed by atoms with Crippen LogP contribution < -0.4 is 27.0 Å². The Morgan fingerprint density at radius 1 is 0.809 bits per heavy atom. The zero-order valence-corrected chi connectivity index (χ0v) is 26.0. The van der Waals surface area contributed by atoms with Crippen molar-refractivity contribution in [3.05, 3.63) is 42.5 Å². The normalized spacial score (nSPS) is 15.3. The number of rotatable bonds is 18. The standard InChI is InChI=1S/C31H44N6O10/c1-2-37-22-9-4-3-7-18(22)19-13-17(10-11-23(19)37)34-30(46)20(8-5-6-12-32)35-25(41)14-33-29(45)21(15-38)36-31(47)28(44)27(43)26(42)24(40)16-39/h3-4,7,9-11,13,20-21,24,26-28,38-40,42-44H,2,5-6,8,12,14-16,32H2,1H3,(H,33,45)(H,34,46)(H,35,41)(H,36,47)/t20-,21-,24+,26+,27-,28+/m0/s1. The number of anilines is 1. The molecule has 0 bridgehead atoms. The summed E-state index contributed by atoms with van der Waals surface area (Å²) >= 11 is 0. The quantitative estimate of drug-likeness (QED) is 0.0630. The molecule has 6 atom stereocenters. The largest absolute Gasteiger partial charge is 0.394 e. The number of unbranched alkanes of at least 4 members (excludes halogenated alkanes) is 1. The number of carbonyl (C=O) groups is 4. The van der Waals surface area contributed by atoms with Crippen molar-refractivity contribution in [2.45, 2.75) is 69.2 Å². The third-order valence-corrected chi connectivity index (χ3v) is 7.72. The maximum absolute atomic E-state index is 13.3. The van der Waals surface area contributed by atoms with Crippen molar-refractivity contribution in [2.24, 2.45) is 5.73 Å². The van der Waals surface area contributed by atoms with E-state index >= 15 is 0 Å². The summed E-state index contributed by atoms with van der Waals surface area (Å²) in [6, 6.07) is 10.9. The summed E-state index contributed by atoms with van der Waals surface area (Å²) in [6.07, 6.45) is -7.13. The Hall–Kier alpha value is -4.16. The molecular formula is C31H44N6O10. The van der Waals surface area contributed by atoms with Crippen molar-refractivity contribution < 1.29 is 49.8 Å². The lowest BCUT2D eigenvalue weighted by molar-refractivity contribution is -0.151. The summed E-state index contributed by atoms with van der Waals surface area (Å²) in [7, 11) is 0. The third kappa shape index (κ3) is 9.45. The number of nitrogens with two attached hydrogens (primary N) is 1. The molecule has 0 aliphatic rings. The molecule has 3 aromatic rings. The van der Waals surface area contributed by atoms with Crippen LogP contribution in [0.15, 0.2) is 42.5 Å². The molecule has 1 aromatic heterocycles. The molecule has 258 valence electrons. The minimum absolute atomic E-state index is 0.256. The van der Waals surface area contributed by atoms with Gasteiger partial charge in [-0.05, 0) is 57.0 Å². The van der Waals surface area contributed by atoms with E-state index in [0.29, 0.717) is 25.1 Å². The Kier molecular flexibility index (Phi) is 14.0. The zero-order chi connectivity index (χ0) is 34.7. The van der Waals surface area contributed by atoms with E-state index in [9.17, 15) is 44.7 Å². The molecule has 2 aromatic carbocycles. The Balaban J connectivity index is 1.63. The first kappa shape index (κ1) is 37.3. The maximum Gasteiger partial charge on any atom is 0.252 e. The van der Waals surface area contributed by atoms with Crippen LogP contribution >= 0.6 is 0 Å². The fourth-order valence-electron chi connectivity index (χ4n) is 5.13. The topological polar surface area (TPSA) is 269 Å². The molecule has 0 saturated heterocycles. The Bertz CT molecular complexity index is 1530. The first-order valence-electron chi connectivity index (χ1n) is 15.3. The van der Waals surface area contributed by atoms with Gasteiger partial charge < -0.3 is 62.2 Å². The number of amides is 4. The van der Waals surface area contributed by atoms with E-state index in [1.54, 1.807) is 6.07 Å². The molecule has 0 aliphatic carbocycles. The van der Waals surface area contributed by atoms with Crippen molar-refractivity contribution >= 4 is 51.1 Å². The van der Waals surface area contributed by atoms with Crippen molar-refractivity contribution in [1.82, 2.24) is 20.5 Å². The average Bonchev–Trinajstić information content (AvgIpc) is 3.40. The van der Waals surface area contributed by atoms with Gasteiger partial charge in [0.2, 0.25) is 17.7 Å². The molecule has 0 aliphatic heterocycles. The fourth-order valence-corrected chi connectivity index (χ4v) is 5.13. The summed E-state index contributed by atoms with van der Waals surface area (Å²) in [5.74, 6) is -3.64. The number of nitrogens with one attached hydrogen (secondary N) is 4. The molecule has 0 spiro atoms. The Morgan fingerprint density at radius 3 is 2.17 bits per heavy atom. The lowest BCUT2D eigenvalue weighted by Gasteiger charge is -2.26. The van der Waals surface area contributed by atoms with Gasteiger partial charge >= 0.3 is 0 Å². The first-order chi connectivity index (χ1) is 22.5. The van der Waals surface area contributed by atoms with Crippen LogP contribution in [0.2, 0.25) is 0 Å². The van der Waals surface area contributed by atoms with E-state index in [4.69, 9.17) is 10.8 Å². The molecular weight excluding hydrogens is 616 g/mol. The predicted molar refractivity (Wildman–Crippen MR) is 172 cm³/mol. The Labute approximate surface area is 270 Å². The summed E-state index contributed by atoms with van der Waals surface area (Å²) in [6.45, 7) is 0.634. The van der Waals surface area contributed by atoms with Crippen molar-refractivity contribution in [2.75, 3.05) is 31.6 Å². The van der Waals surface area contributed by atoms with Crippen molar-refractivity contribution in [3.63, 3.8) is 0 Å². The summed E-state index contributed by atoms with van der Waals surface area (Å²) in [4.78, 5) is 50.9. The van der Waals surface area contributed by atoms with Gasteiger partial charge in [-0.1, -0.05) is 18.2 Å². The van der Waals surface area contributed by atoms with Crippen LogP contribution in [0.1, 0.15) is 26.2 Å². The second-order valence-electron chi connectivity index (χ2n) is 11.0. The van der Waals surface area contributed by atoms with Crippen LogP contribution in [0.4, 0.5) is 5.69 Å². The highest BCUT2D eigenvalue weighted by molar-refractivity contribution is 6.10. The van der Waals surface area contributed by atoms with E-state index in [2.05, 4.69) is 27.4 Å². The highest BCUT2D eigenvalue weighted by Crippen LogP contribution is 2.31. The van der Waals surface area contributed by atoms with Gasteiger partial charge in [-0.2, -0.15) is 0 Å². The van der Waals surface area contributed by atoms with Crippen LogP contribution in [-0.2, 0) is 25.7 Å². The highest BCUT2D eigenvalue weighted by atomic mass is 16.4. The summed E-state index contributed by atoms with van der Waals surface area (Å²) < 4.78 is 2.17. The third-order valence-electron chi connectivity index (χ3n) is 7.72. The second kappa shape index (κ2) is 17.7. The number of aliphatic hydroxyl groups excluding tert-OH is 6. The number of aryl methyl sites for hydroxylation is 1. The van der Waals surface area contributed by atoms with Crippen molar-refractivity contribution in [1.29, 1.82) is 0 Å². The molecule has 16 heteroatoms. The number of para-hydroxylation sites is 1. The number of fused-ring (bicyclic) bond motifs is 3. The van der Waals surface area contributed by atoms with Gasteiger partial charge in [-0.3, -0.25) is 19.2 Å². The number of nitrogens with zero attached hydrogens (tertiary/aromatic N) is 1. The van der Waals surface area contributed by atoms with Gasteiger partial charge in [0.05, 0.1) is 19.8 Å². The lowest BCUT2D eigenvalue weighted by Crippen LogP contribution is -2.57. The number of benzene rings is 2. The monoisotopic (exact) mass is 660 g/mol. The molecule has 12 N–H and O–H groups in total. The molecule has 4 amide bonds. The highest BCUT2D eigenvalue weighted by Gasteiger charge is 2.35. The second-order valence-corrected chi connectivity index (χ2v) is 11.0. The maximum atomic E-state index is 13.3. The van der Waals surface area contributed by atoms with Crippen molar-refractivity contribution in [3.8, 4) is 0 Å². The van der Waals surface area contributed by atoms with Crippen LogP contribution in [0.25, 0.3) is 21.8 Å². The Morgan fingerprint density at radius 2 is 1.51 bits per heavy atom. The molecule has 0 saturated carbocycles. The van der Waals surface area contributed by atoms with Gasteiger partial charge in [-0.15, -0.1) is 0 Å². The molecule has 0 fully saturated rings. The van der Waals surface area contributed by atoms with Crippen LogP contribution in [-0.4, -0.2) is 122 Å². The van der Waals surface area contributed by atoms with Gasteiger partial charge in [0.25, 0.3) is 5.91 Å². The van der Waals surface area contributed by atoms with Gasteiger partial charge in [0.1, 0.15) is 30.4 Å². The van der Waals surface area contributed by atoms with E-state index in [1.165, 1.54) is 0 Å². The number of aliphatic hydroxyl groups is 6. The minimum atomic E-state index is -2.34. The van der Waals surface area contributed by atoms with Crippen LogP contribution in [0.5, 0.6) is 0 Å². The molecule has 3 rings (SSSR count). The minimum Gasteiger partial charge on any atom is -0.394 e. The number of carbonyl (C=O) groups excluding carboxylic acids is 4. The van der Waals surface area contributed by atoms with E-state index in [0.717, 1.165) is 28.4 Å². The van der Waals surface area contributed by atoms with E-state index in [1.807, 2.05) is 41.7 Å². The van der Waals surface area contributed by atoms with Crippen LogP contribution in [0, 0.1) is 0 Å². The predicted octanol–water partition coefficient (Wildman–Crippen LogP) is -2.60. The van der Waals surface area contributed by atoms with Gasteiger partial charge in [-0.25, -0.2) is 0 Å². The summed E-state index contributed by atoms with van der Waals surface area (Å²) in [5.41, 5.74) is 8.21. The smallest absolute Gasteiger partial charge is 0.252 e.